The lowest BCUT2D eigenvalue weighted by Gasteiger charge is -2.44. The van der Waals surface area contributed by atoms with Crippen molar-refractivity contribution in [1.82, 2.24) is 9.80 Å². The summed E-state index contributed by atoms with van der Waals surface area (Å²) in [5.41, 5.74) is 0. The largest absolute Gasteiger partial charge is 0.468 e. The maximum atomic E-state index is 9.17. The summed E-state index contributed by atoms with van der Waals surface area (Å²) in [6.07, 6.45) is 2.55. The number of likely N-dealkylation sites (N-methyl/N-ethyl adjacent to an activating group) is 1. The van der Waals surface area contributed by atoms with E-state index in [1.54, 1.807) is 6.26 Å². The summed E-state index contributed by atoms with van der Waals surface area (Å²) < 4.78 is 5.42. The lowest BCUT2D eigenvalue weighted by Crippen LogP contribution is -2.56. The molecule has 0 spiro atoms. The second-order valence-electron chi connectivity index (χ2n) is 4.99. The molecule has 2 heterocycles. The fourth-order valence-corrected chi connectivity index (χ4v) is 2.73. The molecule has 17 heavy (non-hydrogen) atoms. The Labute approximate surface area is 103 Å². The molecule has 0 aromatic carbocycles. The van der Waals surface area contributed by atoms with Crippen LogP contribution < -0.4 is 0 Å². The summed E-state index contributed by atoms with van der Waals surface area (Å²) in [7, 11) is 2.14. The number of piperazine rings is 1. The molecule has 1 aliphatic rings. The maximum Gasteiger partial charge on any atom is 0.117 e. The third kappa shape index (κ3) is 3.09. The highest BCUT2D eigenvalue weighted by molar-refractivity contribution is 5.00. The van der Waals surface area contributed by atoms with Crippen molar-refractivity contribution < 1.29 is 9.52 Å². The Morgan fingerprint density at radius 1 is 1.47 bits per heavy atom. The normalized spacial score (nSPS) is 27.5. The van der Waals surface area contributed by atoms with Gasteiger partial charge in [0.15, 0.2) is 0 Å². The molecule has 1 aliphatic heterocycles. The van der Waals surface area contributed by atoms with E-state index in [9.17, 15) is 0 Å². The van der Waals surface area contributed by atoms with Crippen molar-refractivity contribution in [3.63, 3.8) is 0 Å². The van der Waals surface area contributed by atoms with Crippen molar-refractivity contribution in [2.24, 2.45) is 0 Å². The van der Waals surface area contributed by atoms with Crippen LogP contribution in [0.25, 0.3) is 0 Å². The van der Waals surface area contributed by atoms with Gasteiger partial charge >= 0.3 is 0 Å². The molecule has 4 heteroatoms. The zero-order valence-corrected chi connectivity index (χ0v) is 10.7. The maximum absolute atomic E-state index is 9.17. The first-order valence-corrected chi connectivity index (χ1v) is 6.28. The zero-order valence-electron chi connectivity index (χ0n) is 10.7. The van der Waals surface area contributed by atoms with Crippen LogP contribution in [0.2, 0.25) is 0 Å². The number of aliphatic hydroxyl groups excluding tert-OH is 1. The van der Waals surface area contributed by atoms with E-state index in [0.717, 1.165) is 31.8 Å². The lowest BCUT2D eigenvalue weighted by molar-refractivity contribution is 0.0204. The Morgan fingerprint density at radius 2 is 2.29 bits per heavy atom. The van der Waals surface area contributed by atoms with E-state index < -0.39 is 0 Å². The van der Waals surface area contributed by atoms with Crippen molar-refractivity contribution >= 4 is 0 Å². The first kappa shape index (κ1) is 12.6. The standard InChI is InChI=1S/C13H22N2O2/c1-11-8-14(2)9-12(5-6-16)15(11)10-13-4-3-7-17-13/h3-4,7,11-12,16H,5-6,8-10H2,1-2H3. The topological polar surface area (TPSA) is 39.9 Å². The third-order valence-corrected chi connectivity index (χ3v) is 3.51. The molecule has 1 N–H and O–H groups in total. The van der Waals surface area contributed by atoms with Crippen LogP contribution >= 0.6 is 0 Å². The van der Waals surface area contributed by atoms with E-state index in [2.05, 4.69) is 23.8 Å². The molecule has 0 saturated carbocycles. The highest BCUT2D eigenvalue weighted by Gasteiger charge is 2.30. The summed E-state index contributed by atoms with van der Waals surface area (Å²) in [5.74, 6) is 1.00. The molecule has 0 amide bonds. The molecular formula is C13H22N2O2. The second kappa shape index (κ2) is 5.67. The van der Waals surface area contributed by atoms with Gasteiger partial charge in [-0.25, -0.2) is 0 Å². The molecular weight excluding hydrogens is 216 g/mol. The van der Waals surface area contributed by atoms with E-state index >= 15 is 0 Å². The van der Waals surface area contributed by atoms with Gasteiger partial charge < -0.3 is 14.4 Å². The summed E-state index contributed by atoms with van der Waals surface area (Å²) in [6.45, 7) is 5.42. The predicted octanol–water partition coefficient (Wildman–Crippen LogP) is 1.17. The molecule has 0 radical (unpaired) electrons. The van der Waals surface area contributed by atoms with E-state index in [1.165, 1.54) is 0 Å². The van der Waals surface area contributed by atoms with Crippen LogP contribution in [0.5, 0.6) is 0 Å². The molecule has 2 rings (SSSR count). The van der Waals surface area contributed by atoms with Crippen LogP contribution in [0, 0.1) is 0 Å². The summed E-state index contributed by atoms with van der Waals surface area (Å²) in [6, 6.07) is 4.85. The highest BCUT2D eigenvalue weighted by Crippen LogP contribution is 2.20. The number of hydrogen-bond acceptors (Lipinski definition) is 4. The van der Waals surface area contributed by atoms with Crippen LogP contribution in [-0.4, -0.2) is 53.7 Å². The van der Waals surface area contributed by atoms with Crippen molar-refractivity contribution in [3.8, 4) is 0 Å². The van der Waals surface area contributed by atoms with Gasteiger partial charge in [-0.1, -0.05) is 0 Å². The molecule has 96 valence electrons. The monoisotopic (exact) mass is 238 g/mol. The molecule has 1 fully saturated rings. The minimum Gasteiger partial charge on any atom is -0.468 e. The number of nitrogens with zero attached hydrogens (tertiary/aromatic N) is 2. The van der Waals surface area contributed by atoms with Gasteiger partial charge in [-0.15, -0.1) is 0 Å². The van der Waals surface area contributed by atoms with Crippen molar-refractivity contribution in [2.75, 3.05) is 26.7 Å². The van der Waals surface area contributed by atoms with Gasteiger partial charge in [0.25, 0.3) is 0 Å². The van der Waals surface area contributed by atoms with Crippen LogP contribution in [-0.2, 0) is 6.54 Å². The SMILES string of the molecule is CC1CN(C)CC(CCO)N1Cc1ccco1. The van der Waals surface area contributed by atoms with Gasteiger partial charge in [-0.3, -0.25) is 4.90 Å². The third-order valence-electron chi connectivity index (χ3n) is 3.51. The average Bonchev–Trinajstić information content (AvgIpc) is 2.76. The van der Waals surface area contributed by atoms with E-state index in [4.69, 9.17) is 9.52 Å². The molecule has 4 nitrogen and oxygen atoms in total. The first-order valence-electron chi connectivity index (χ1n) is 6.28. The summed E-state index contributed by atoms with van der Waals surface area (Å²) in [4.78, 5) is 4.78. The smallest absolute Gasteiger partial charge is 0.117 e. The van der Waals surface area contributed by atoms with Gasteiger partial charge in [0.2, 0.25) is 0 Å². The van der Waals surface area contributed by atoms with Crippen LogP contribution in [0.4, 0.5) is 0 Å². The highest BCUT2D eigenvalue weighted by atomic mass is 16.3. The van der Waals surface area contributed by atoms with Crippen LogP contribution in [0.15, 0.2) is 22.8 Å². The fourth-order valence-electron chi connectivity index (χ4n) is 2.73. The van der Waals surface area contributed by atoms with Crippen molar-refractivity contribution in [2.45, 2.75) is 32.0 Å². The Balaban J connectivity index is 2.04. The minimum absolute atomic E-state index is 0.250. The first-order chi connectivity index (χ1) is 8.20. The Bertz CT molecular complexity index is 326. The molecule has 1 aromatic rings. The van der Waals surface area contributed by atoms with Crippen LogP contribution in [0.1, 0.15) is 19.1 Å². The van der Waals surface area contributed by atoms with Gasteiger partial charge in [0.05, 0.1) is 12.8 Å². The van der Waals surface area contributed by atoms with Gasteiger partial charge in [0, 0.05) is 31.8 Å². The Morgan fingerprint density at radius 3 is 2.94 bits per heavy atom. The molecule has 0 aliphatic carbocycles. The second-order valence-corrected chi connectivity index (χ2v) is 4.99. The minimum atomic E-state index is 0.250. The Kier molecular flexibility index (Phi) is 4.20. The number of rotatable bonds is 4. The number of aliphatic hydroxyl groups is 1. The van der Waals surface area contributed by atoms with Gasteiger partial charge in [-0.05, 0) is 32.5 Å². The average molecular weight is 238 g/mol. The van der Waals surface area contributed by atoms with E-state index in [1.807, 2.05) is 12.1 Å². The van der Waals surface area contributed by atoms with Gasteiger partial charge in [0.1, 0.15) is 5.76 Å². The predicted molar refractivity (Wildman–Crippen MR) is 66.7 cm³/mol. The van der Waals surface area contributed by atoms with Gasteiger partial charge in [-0.2, -0.15) is 0 Å². The fraction of sp³-hybridized carbons (Fsp3) is 0.692. The van der Waals surface area contributed by atoms with Crippen molar-refractivity contribution in [3.05, 3.63) is 24.2 Å². The molecule has 0 bridgehead atoms. The van der Waals surface area contributed by atoms with Crippen LogP contribution in [0.3, 0.4) is 0 Å². The molecule has 2 unspecified atom stereocenters. The summed E-state index contributed by atoms with van der Waals surface area (Å²) in [5, 5.41) is 9.17. The number of furan rings is 1. The van der Waals surface area contributed by atoms with Crippen molar-refractivity contribution in [1.29, 1.82) is 0 Å². The summed E-state index contributed by atoms with van der Waals surface area (Å²) >= 11 is 0. The molecule has 1 aromatic heterocycles. The molecule has 1 saturated heterocycles. The van der Waals surface area contributed by atoms with E-state index in [-0.39, 0.29) is 6.61 Å². The van der Waals surface area contributed by atoms with E-state index in [0.29, 0.717) is 12.1 Å². The quantitative estimate of drug-likeness (QED) is 0.854. The zero-order chi connectivity index (χ0) is 12.3. The number of hydrogen-bond donors (Lipinski definition) is 1. The lowest BCUT2D eigenvalue weighted by atomic mass is 10.0. The Hall–Kier alpha value is -0.840. The molecule has 2 atom stereocenters.